The van der Waals surface area contributed by atoms with Crippen LogP contribution in [0.25, 0.3) is 0 Å². The number of nitrogens with one attached hydrogen (secondary N) is 1. The summed E-state index contributed by atoms with van der Waals surface area (Å²) in [5.74, 6) is 0. The van der Waals surface area contributed by atoms with Gasteiger partial charge in [0.1, 0.15) is 0 Å². The van der Waals surface area contributed by atoms with E-state index >= 15 is 0 Å². The molecule has 0 atom stereocenters. The highest BCUT2D eigenvalue weighted by atomic mass is 16.7. The zero-order chi connectivity index (χ0) is 14.3. The average molecular weight is 263 g/mol. The second kappa shape index (κ2) is 4.50. The van der Waals surface area contributed by atoms with E-state index in [1.807, 2.05) is 27.7 Å². The van der Waals surface area contributed by atoms with Crippen LogP contribution in [0.3, 0.4) is 0 Å². The van der Waals surface area contributed by atoms with Crippen molar-refractivity contribution in [1.29, 1.82) is 0 Å². The highest BCUT2D eigenvalue weighted by Crippen LogP contribution is 2.36. The summed E-state index contributed by atoms with van der Waals surface area (Å²) in [4.78, 5) is 14.9. The SMILES string of the molecule is CC1(C)OB(c2cncc(NC(N)=O)c2)OC1(C)C. The molecule has 0 aliphatic carbocycles. The summed E-state index contributed by atoms with van der Waals surface area (Å²) in [5.41, 5.74) is 5.50. The molecule has 102 valence electrons. The Morgan fingerprint density at radius 3 is 2.37 bits per heavy atom. The zero-order valence-electron chi connectivity index (χ0n) is 11.6. The smallest absolute Gasteiger partial charge is 0.399 e. The molecule has 19 heavy (non-hydrogen) atoms. The van der Waals surface area contributed by atoms with Gasteiger partial charge in [-0.1, -0.05) is 0 Å². The first-order valence-corrected chi connectivity index (χ1v) is 6.08. The topological polar surface area (TPSA) is 86.5 Å². The van der Waals surface area contributed by atoms with Crippen molar-refractivity contribution in [1.82, 2.24) is 4.98 Å². The van der Waals surface area contributed by atoms with Crippen molar-refractivity contribution in [2.24, 2.45) is 5.73 Å². The number of carbonyl (C=O) groups excluding carboxylic acids is 1. The molecule has 0 spiro atoms. The summed E-state index contributed by atoms with van der Waals surface area (Å²) in [6.45, 7) is 7.91. The lowest BCUT2D eigenvalue weighted by atomic mass is 9.80. The van der Waals surface area contributed by atoms with Crippen molar-refractivity contribution < 1.29 is 14.1 Å². The van der Waals surface area contributed by atoms with Crippen LogP contribution < -0.4 is 16.5 Å². The lowest BCUT2D eigenvalue weighted by Gasteiger charge is -2.32. The molecule has 2 rings (SSSR count). The molecule has 1 aromatic rings. The van der Waals surface area contributed by atoms with Crippen LogP contribution in [0.2, 0.25) is 0 Å². The standard InChI is InChI=1S/C12H18BN3O3/c1-11(2)12(3,4)19-13(18-11)8-5-9(7-15-6-8)16-10(14)17/h5-7H,1-4H3,(H3,14,16,17). The maximum absolute atomic E-state index is 10.8. The Labute approximate surface area is 112 Å². The van der Waals surface area contributed by atoms with Crippen LogP contribution in [-0.2, 0) is 9.31 Å². The molecule has 0 aromatic carbocycles. The Balaban J connectivity index is 2.22. The number of hydrogen-bond acceptors (Lipinski definition) is 4. The molecule has 2 amide bonds. The first-order chi connectivity index (χ1) is 8.71. The van der Waals surface area contributed by atoms with Crippen LogP contribution >= 0.6 is 0 Å². The number of nitrogens with zero attached hydrogens (tertiary/aromatic N) is 1. The predicted octanol–water partition coefficient (Wildman–Crippen LogP) is 0.871. The molecule has 0 saturated carbocycles. The van der Waals surface area contributed by atoms with Gasteiger partial charge in [0.25, 0.3) is 0 Å². The Morgan fingerprint density at radius 1 is 1.26 bits per heavy atom. The largest absolute Gasteiger partial charge is 0.496 e. The van der Waals surface area contributed by atoms with Crippen molar-refractivity contribution in [3.8, 4) is 0 Å². The van der Waals surface area contributed by atoms with E-state index in [4.69, 9.17) is 15.0 Å². The van der Waals surface area contributed by atoms with Crippen LogP contribution in [-0.4, -0.2) is 29.3 Å². The van der Waals surface area contributed by atoms with E-state index in [0.717, 1.165) is 5.46 Å². The number of amides is 2. The van der Waals surface area contributed by atoms with Gasteiger partial charge in [0.15, 0.2) is 0 Å². The van der Waals surface area contributed by atoms with Gasteiger partial charge in [0, 0.05) is 11.7 Å². The summed E-state index contributed by atoms with van der Waals surface area (Å²) in [6.07, 6.45) is 3.16. The van der Waals surface area contributed by atoms with Gasteiger partial charge in [0.2, 0.25) is 0 Å². The van der Waals surface area contributed by atoms with Gasteiger partial charge in [-0.3, -0.25) is 4.98 Å². The van der Waals surface area contributed by atoms with Crippen molar-refractivity contribution in [3.63, 3.8) is 0 Å². The number of nitrogens with two attached hydrogens (primary N) is 1. The van der Waals surface area contributed by atoms with E-state index in [1.165, 1.54) is 6.20 Å². The van der Waals surface area contributed by atoms with Gasteiger partial charge in [-0.2, -0.15) is 0 Å². The monoisotopic (exact) mass is 263 g/mol. The predicted molar refractivity (Wildman–Crippen MR) is 73.2 cm³/mol. The zero-order valence-corrected chi connectivity index (χ0v) is 11.6. The molecule has 7 heteroatoms. The van der Waals surface area contributed by atoms with E-state index in [1.54, 1.807) is 12.3 Å². The van der Waals surface area contributed by atoms with Crippen LogP contribution in [0.5, 0.6) is 0 Å². The van der Waals surface area contributed by atoms with Crippen molar-refractivity contribution in [3.05, 3.63) is 18.5 Å². The van der Waals surface area contributed by atoms with Gasteiger partial charge in [-0.15, -0.1) is 0 Å². The van der Waals surface area contributed by atoms with Gasteiger partial charge in [-0.05, 0) is 33.8 Å². The summed E-state index contributed by atoms with van der Waals surface area (Å²) in [5, 5.41) is 2.48. The lowest BCUT2D eigenvalue weighted by Crippen LogP contribution is -2.41. The lowest BCUT2D eigenvalue weighted by molar-refractivity contribution is 0.00578. The molecule has 0 radical (unpaired) electrons. The van der Waals surface area contributed by atoms with E-state index in [9.17, 15) is 4.79 Å². The van der Waals surface area contributed by atoms with Gasteiger partial charge >= 0.3 is 13.1 Å². The Morgan fingerprint density at radius 2 is 1.84 bits per heavy atom. The first-order valence-electron chi connectivity index (χ1n) is 6.08. The summed E-state index contributed by atoms with van der Waals surface area (Å²) < 4.78 is 11.8. The van der Waals surface area contributed by atoms with Crippen molar-refractivity contribution in [2.75, 3.05) is 5.32 Å². The number of urea groups is 1. The van der Waals surface area contributed by atoms with E-state index < -0.39 is 24.4 Å². The van der Waals surface area contributed by atoms with Crippen LogP contribution in [0.1, 0.15) is 27.7 Å². The molecule has 0 unspecified atom stereocenters. The minimum Gasteiger partial charge on any atom is -0.399 e. The summed E-state index contributed by atoms with van der Waals surface area (Å²) >= 11 is 0. The second-order valence-corrected chi connectivity index (χ2v) is 5.58. The molecule has 1 fully saturated rings. The molecule has 6 nitrogen and oxygen atoms in total. The van der Waals surface area contributed by atoms with Crippen LogP contribution in [0.4, 0.5) is 10.5 Å². The molecule has 1 saturated heterocycles. The van der Waals surface area contributed by atoms with Gasteiger partial charge < -0.3 is 20.4 Å². The molecule has 0 bridgehead atoms. The van der Waals surface area contributed by atoms with Gasteiger partial charge in [-0.25, -0.2) is 4.79 Å². The minimum absolute atomic E-state index is 0.412. The molecule has 1 aromatic heterocycles. The summed E-state index contributed by atoms with van der Waals surface area (Å²) in [6, 6.07) is 1.10. The average Bonchev–Trinajstić information content (AvgIpc) is 2.47. The summed E-state index contributed by atoms with van der Waals surface area (Å²) in [7, 11) is -0.507. The highest BCUT2D eigenvalue weighted by molar-refractivity contribution is 6.62. The third-order valence-electron chi connectivity index (χ3n) is 3.55. The first kappa shape index (κ1) is 13.8. The fourth-order valence-electron chi connectivity index (χ4n) is 1.78. The highest BCUT2D eigenvalue weighted by Gasteiger charge is 2.51. The normalized spacial score (nSPS) is 20.3. The number of carbonyl (C=O) groups is 1. The number of anilines is 1. The Bertz CT molecular complexity index is 489. The number of hydrogen-bond donors (Lipinski definition) is 2. The minimum atomic E-state index is -0.632. The molecule has 3 N–H and O–H groups in total. The van der Waals surface area contributed by atoms with E-state index in [0.29, 0.717) is 5.69 Å². The van der Waals surface area contributed by atoms with E-state index in [2.05, 4.69) is 10.3 Å². The number of primary amides is 1. The molecular weight excluding hydrogens is 245 g/mol. The Kier molecular flexibility index (Phi) is 3.28. The van der Waals surface area contributed by atoms with E-state index in [-0.39, 0.29) is 0 Å². The number of aromatic nitrogens is 1. The maximum Gasteiger partial charge on any atom is 0.496 e. The van der Waals surface area contributed by atoms with Crippen LogP contribution in [0.15, 0.2) is 18.5 Å². The van der Waals surface area contributed by atoms with Crippen molar-refractivity contribution in [2.45, 2.75) is 38.9 Å². The quantitative estimate of drug-likeness (QED) is 0.775. The second-order valence-electron chi connectivity index (χ2n) is 5.58. The van der Waals surface area contributed by atoms with Crippen molar-refractivity contribution >= 4 is 24.3 Å². The van der Waals surface area contributed by atoms with Gasteiger partial charge in [0.05, 0.1) is 23.1 Å². The maximum atomic E-state index is 10.8. The molecule has 1 aliphatic rings. The van der Waals surface area contributed by atoms with Crippen LogP contribution in [0, 0.1) is 0 Å². The number of rotatable bonds is 2. The Hall–Kier alpha value is -1.60. The fourth-order valence-corrected chi connectivity index (χ4v) is 1.78. The third kappa shape index (κ3) is 2.72. The molecule has 2 heterocycles. The fraction of sp³-hybridized carbons (Fsp3) is 0.500. The molecular formula is C12H18BN3O3. The molecule has 1 aliphatic heterocycles. The third-order valence-corrected chi connectivity index (χ3v) is 3.55. The number of pyridine rings is 1.